The van der Waals surface area contributed by atoms with E-state index in [9.17, 15) is 4.39 Å². The first-order valence-corrected chi connectivity index (χ1v) is 5.29. The van der Waals surface area contributed by atoms with E-state index in [0.717, 1.165) is 11.0 Å². The number of halogens is 1. The molecule has 17 heavy (non-hydrogen) atoms. The highest BCUT2D eigenvalue weighted by Crippen LogP contribution is 2.24. The lowest BCUT2D eigenvalue weighted by molar-refractivity contribution is 0.629. The molecule has 0 spiro atoms. The van der Waals surface area contributed by atoms with Gasteiger partial charge in [-0.05, 0) is 18.2 Å². The molecule has 0 unspecified atom stereocenters. The molecule has 3 aromatic rings. The molecular weight excluding hydrogens is 217 g/mol. The van der Waals surface area contributed by atoms with Crippen molar-refractivity contribution in [1.29, 1.82) is 0 Å². The Labute approximate surface area is 97.6 Å². The van der Waals surface area contributed by atoms with Gasteiger partial charge in [0, 0.05) is 13.2 Å². The molecule has 0 atom stereocenters. The Balaban J connectivity index is 2.32. The summed E-state index contributed by atoms with van der Waals surface area (Å²) in [6.07, 6.45) is 3.41. The Morgan fingerprint density at radius 3 is 2.76 bits per heavy atom. The van der Waals surface area contributed by atoms with Crippen LogP contribution in [-0.4, -0.2) is 14.5 Å². The largest absolute Gasteiger partial charge is 0.326 e. The SMILES string of the molecule is Cn1c(-c2ccccc2F)nc2ccncc21. The Morgan fingerprint density at radius 1 is 1.18 bits per heavy atom. The van der Waals surface area contributed by atoms with Gasteiger partial charge >= 0.3 is 0 Å². The van der Waals surface area contributed by atoms with E-state index in [-0.39, 0.29) is 5.82 Å². The van der Waals surface area contributed by atoms with Crippen molar-refractivity contribution in [1.82, 2.24) is 14.5 Å². The fourth-order valence-corrected chi connectivity index (χ4v) is 1.92. The van der Waals surface area contributed by atoms with Crippen molar-refractivity contribution in [3.05, 3.63) is 48.5 Å². The molecule has 2 aromatic heterocycles. The van der Waals surface area contributed by atoms with Crippen molar-refractivity contribution in [2.24, 2.45) is 7.05 Å². The zero-order valence-corrected chi connectivity index (χ0v) is 9.26. The van der Waals surface area contributed by atoms with Crippen LogP contribution in [0.5, 0.6) is 0 Å². The Hall–Kier alpha value is -2.23. The van der Waals surface area contributed by atoms with Gasteiger partial charge in [-0.3, -0.25) is 4.98 Å². The second-order valence-corrected chi connectivity index (χ2v) is 3.84. The number of benzene rings is 1. The lowest BCUT2D eigenvalue weighted by Crippen LogP contribution is -1.94. The summed E-state index contributed by atoms with van der Waals surface area (Å²) in [7, 11) is 1.86. The lowest BCUT2D eigenvalue weighted by atomic mass is 10.2. The van der Waals surface area contributed by atoms with Gasteiger partial charge < -0.3 is 4.57 Å². The van der Waals surface area contributed by atoms with Gasteiger partial charge in [-0.25, -0.2) is 9.37 Å². The summed E-state index contributed by atoms with van der Waals surface area (Å²) in [5, 5.41) is 0. The Kier molecular flexibility index (Phi) is 2.14. The predicted molar refractivity (Wildman–Crippen MR) is 63.9 cm³/mol. The van der Waals surface area contributed by atoms with Crippen LogP contribution in [0.1, 0.15) is 0 Å². The molecule has 1 aromatic carbocycles. The van der Waals surface area contributed by atoms with Gasteiger partial charge in [-0.1, -0.05) is 12.1 Å². The summed E-state index contributed by atoms with van der Waals surface area (Å²) in [4.78, 5) is 8.47. The summed E-state index contributed by atoms with van der Waals surface area (Å²) in [5.41, 5.74) is 2.22. The molecule has 84 valence electrons. The second kappa shape index (κ2) is 3.66. The highest BCUT2D eigenvalue weighted by molar-refractivity contribution is 5.79. The first kappa shape index (κ1) is 9.96. The van der Waals surface area contributed by atoms with E-state index in [0.29, 0.717) is 11.4 Å². The summed E-state index contributed by atoms with van der Waals surface area (Å²) in [6.45, 7) is 0. The molecule has 0 aliphatic heterocycles. The van der Waals surface area contributed by atoms with Crippen LogP contribution in [0.3, 0.4) is 0 Å². The van der Waals surface area contributed by atoms with Gasteiger partial charge in [0.05, 0.1) is 22.8 Å². The van der Waals surface area contributed by atoms with Crippen LogP contribution in [0.2, 0.25) is 0 Å². The van der Waals surface area contributed by atoms with Crippen LogP contribution >= 0.6 is 0 Å². The summed E-state index contributed by atoms with van der Waals surface area (Å²) in [6, 6.07) is 8.45. The number of hydrogen-bond donors (Lipinski definition) is 0. The minimum atomic E-state index is -0.265. The van der Waals surface area contributed by atoms with Crippen molar-refractivity contribution >= 4 is 11.0 Å². The molecule has 0 aliphatic carbocycles. The van der Waals surface area contributed by atoms with Gasteiger partial charge in [-0.2, -0.15) is 0 Å². The number of fused-ring (bicyclic) bond motifs is 1. The number of rotatable bonds is 1. The molecule has 0 saturated heterocycles. The molecule has 2 heterocycles. The monoisotopic (exact) mass is 227 g/mol. The number of hydrogen-bond acceptors (Lipinski definition) is 2. The van der Waals surface area contributed by atoms with Gasteiger partial charge in [0.25, 0.3) is 0 Å². The molecule has 0 fully saturated rings. The second-order valence-electron chi connectivity index (χ2n) is 3.84. The topological polar surface area (TPSA) is 30.7 Å². The highest BCUT2D eigenvalue weighted by Gasteiger charge is 2.12. The van der Waals surface area contributed by atoms with Crippen LogP contribution in [0.25, 0.3) is 22.4 Å². The first-order chi connectivity index (χ1) is 8.27. The normalized spacial score (nSPS) is 10.9. The maximum absolute atomic E-state index is 13.7. The number of nitrogens with zero attached hydrogens (tertiary/aromatic N) is 3. The molecule has 0 saturated carbocycles. The molecule has 3 nitrogen and oxygen atoms in total. The minimum absolute atomic E-state index is 0.265. The van der Waals surface area contributed by atoms with Crippen LogP contribution in [-0.2, 0) is 7.05 Å². The number of aryl methyl sites for hydroxylation is 1. The molecule has 0 N–H and O–H groups in total. The maximum Gasteiger partial charge on any atom is 0.143 e. The Morgan fingerprint density at radius 2 is 2.00 bits per heavy atom. The van der Waals surface area contributed by atoms with Gasteiger partial charge in [-0.15, -0.1) is 0 Å². The molecule has 3 rings (SSSR count). The van der Waals surface area contributed by atoms with Crippen LogP contribution in [0.4, 0.5) is 4.39 Å². The van der Waals surface area contributed by atoms with Gasteiger partial charge in [0.1, 0.15) is 11.6 Å². The fourth-order valence-electron chi connectivity index (χ4n) is 1.92. The molecule has 0 bridgehead atoms. The lowest BCUT2D eigenvalue weighted by Gasteiger charge is -2.02. The standard InChI is InChI=1S/C13H10FN3/c1-17-12-8-15-7-6-11(12)16-13(17)9-4-2-3-5-10(9)14/h2-8H,1H3. The summed E-state index contributed by atoms with van der Waals surface area (Å²) < 4.78 is 15.6. The van der Waals surface area contributed by atoms with Crippen molar-refractivity contribution < 1.29 is 4.39 Å². The van der Waals surface area contributed by atoms with E-state index in [1.54, 1.807) is 30.6 Å². The van der Waals surface area contributed by atoms with Crippen LogP contribution in [0.15, 0.2) is 42.7 Å². The highest BCUT2D eigenvalue weighted by atomic mass is 19.1. The Bertz CT molecular complexity index is 688. The first-order valence-electron chi connectivity index (χ1n) is 5.29. The molecular formula is C13H10FN3. The minimum Gasteiger partial charge on any atom is -0.326 e. The molecule has 0 amide bonds. The zero-order valence-electron chi connectivity index (χ0n) is 9.26. The maximum atomic E-state index is 13.7. The third-order valence-corrected chi connectivity index (χ3v) is 2.80. The van der Waals surface area contributed by atoms with E-state index in [4.69, 9.17) is 0 Å². The van der Waals surface area contributed by atoms with Gasteiger partial charge in [0.2, 0.25) is 0 Å². The zero-order chi connectivity index (χ0) is 11.8. The quantitative estimate of drug-likeness (QED) is 0.640. The average molecular weight is 227 g/mol. The third-order valence-electron chi connectivity index (χ3n) is 2.80. The van der Waals surface area contributed by atoms with Crippen molar-refractivity contribution in [3.8, 4) is 11.4 Å². The van der Waals surface area contributed by atoms with E-state index in [2.05, 4.69) is 9.97 Å². The number of imidazole rings is 1. The predicted octanol–water partition coefficient (Wildman–Crippen LogP) is 2.77. The summed E-state index contributed by atoms with van der Waals surface area (Å²) >= 11 is 0. The molecule has 0 aliphatic rings. The van der Waals surface area contributed by atoms with Crippen molar-refractivity contribution in [2.45, 2.75) is 0 Å². The summed E-state index contributed by atoms with van der Waals surface area (Å²) in [5.74, 6) is 0.352. The smallest absolute Gasteiger partial charge is 0.143 e. The third kappa shape index (κ3) is 1.49. The van der Waals surface area contributed by atoms with Crippen LogP contribution in [0, 0.1) is 5.82 Å². The number of aromatic nitrogens is 3. The van der Waals surface area contributed by atoms with E-state index < -0.39 is 0 Å². The number of pyridine rings is 1. The van der Waals surface area contributed by atoms with Crippen LogP contribution < -0.4 is 0 Å². The van der Waals surface area contributed by atoms with Gasteiger partial charge in [0.15, 0.2) is 0 Å². The van der Waals surface area contributed by atoms with E-state index in [1.165, 1.54) is 6.07 Å². The molecule has 0 radical (unpaired) electrons. The van der Waals surface area contributed by atoms with E-state index >= 15 is 0 Å². The fraction of sp³-hybridized carbons (Fsp3) is 0.0769. The van der Waals surface area contributed by atoms with Crippen molar-refractivity contribution in [2.75, 3.05) is 0 Å². The van der Waals surface area contributed by atoms with Crippen molar-refractivity contribution in [3.63, 3.8) is 0 Å². The molecule has 4 heteroatoms. The average Bonchev–Trinajstić information content (AvgIpc) is 2.68. The van der Waals surface area contributed by atoms with E-state index in [1.807, 2.05) is 17.7 Å².